The molecule has 0 radical (unpaired) electrons. The Bertz CT molecular complexity index is 508. The lowest BCUT2D eigenvalue weighted by atomic mass is 10.1. The van der Waals surface area contributed by atoms with Crippen LogP contribution in [0, 0.1) is 12.8 Å². The SMILES string of the molecule is Cc1[nH]nc(CN)c1S(=O)(=O)NC(C)CCC(C)C. The molecule has 1 atom stereocenters. The predicted molar refractivity (Wildman–Crippen MR) is 75.1 cm³/mol. The fourth-order valence-corrected chi connectivity index (χ4v) is 3.58. The van der Waals surface area contributed by atoms with E-state index in [2.05, 4.69) is 28.8 Å². The quantitative estimate of drug-likeness (QED) is 0.703. The number of aromatic nitrogens is 2. The topological polar surface area (TPSA) is 101 Å². The van der Waals surface area contributed by atoms with Gasteiger partial charge in [0.2, 0.25) is 10.0 Å². The van der Waals surface area contributed by atoms with Crippen LogP contribution in [0.5, 0.6) is 0 Å². The van der Waals surface area contributed by atoms with Gasteiger partial charge in [0.15, 0.2) is 0 Å². The molecule has 1 heterocycles. The van der Waals surface area contributed by atoms with Gasteiger partial charge in [-0.05, 0) is 32.6 Å². The van der Waals surface area contributed by atoms with Crippen molar-refractivity contribution in [2.24, 2.45) is 11.7 Å². The van der Waals surface area contributed by atoms with Crippen molar-refractivity contribution in [3.8, 4) is 0 Å². The maximum Gasteiger partial charge on any atom is 0.244 e. The first-order valence-corrected chi connectivity index (χ1v) is 8.02. The van der Waals surface area contributed by atoms with Crippen molar-refractivity contribution in [2.45, 2.75) is 58.0 Å². The van der Waals surface area contributed by atoms with Crippen molar-refractivity contribution in [3.63, 3.8) is 0 Å². The van der Waals surface area contributed by atoms with Gasteiger partial charge in [0.05, 0.1) is 11.4 Å². The molecule has 0 bridgehead atoms. The molecule has 0 aliphatic carbocycles. The molecule has 0 aliphatic rings. The van der Waals surface area contributed by atoms with Gasteiger partial charge in [-0.3, -0.25) is 5.10 Å². The fourth-order valence-electron chi connectivity index (χ4n) is 1.93. The molecular formula is C12H24N4O2S. The second-order valence-electron chi connectivity index (χ2n) is 5.32. The summed E-state index contributed by atoms with van der Waals surface area (Å²) >= 11 is 0. The molecule has 0 fully saturated rings. The van der Waals surface area contributed by atoms with E-state index in [1.165, 1.54) is 0 Å². The summed E-state index contributed by atoms with van der Waals surface area (Å²) in [5.41, 5.74) is 6.41. The molecule has 1 aromatic rings. The normalized spacial score (nSPS) is 14.0. The Balaban J connectivity index is 2.83. The van der Waals surface area contributed by atoms with Crippen molar-refractivity contribution in [1.29, 1.82) is 0 Å². The highest BCUT2D eigenvalue weighted by Crippen LogP contribution is 2.18. The van der Waals surface area contributed by atoms with Crippen molar-refractivity contribution in [3.05, 3.63) is 11.4 Å². The Morgan fingerprint density at radius 3 is 2.47 bits per heavy atom. The van der Waals surface area contributed by atoms with Crippen LogP contribution in [0.25, 0.3) is 0 Å². The number of aromatic amines is 1. The van der Waals surface area contributed by atoms with E-state index in [0.717, 1.165) is 12.8 Å². The molecule has 0 saturated carbocycles. The number of nitrogens with two attached hydrogens (primary N) is 1. The van der Waals surface area contributed by atoms with E-state index >= 15 is 0 Å². The highest BCUT2D eigenvalue weighted by molar-refractivity contribution is 7.89. The zero-order valence-electron chi connectivity index (χ0n) is 12.0. The molecule has 1 rings (SSSR count). The van der Waals surface area contributed by atoms with E-state index in [1.807, 2.05) is 6.92 Å². The van der Waals surface area contributed by atoms with Gasteiger partial charge >= 0.3 is 0 Å². The van der Waals surface area contributed by atoms with Gasteiger partial charge in [-0.1, -0.05) is 13.8 Å². The van der Waals surface area contributed by atoms with Gasteiger partial charge in [0, 0.05) is 12.6 Å². The van der Waals surface area contributed by atoms with Crippen LogP contribution in [-0.4, -0.2) is 24.7 Å². The monoisotopic (exact) mass is 288 g/mol. The smallest absolute Gasteiger partial charge is 0.244 e. The largest absolute Gasteiger partial charge is 0.325 e. The Morgan fingerprint density at radius 1 is 1.32 bits per heavy atom. The van der Waals surface area contributed by atoms with E-state index in [0.29, 0.717) is 17.3 Å². The number of hydrogen-bond donors (Lipinski definition) is 3. The van der Waals surface area contributed by atoms with Crippen molar-refractivity contribution >= 4 is 10.0 Å². The summed E-state index contributed by atoms with van der Waals surface area (Å²) in [6.45, 7) is 7.89. The second kappa shape index (κ2) is 6.49. The first kappa shape index (κ1) is 16.1. The van der Waals surface area contributed by atoms with Gasteiger partial charge in [0.1, 0.15) is 4.90 Å². The van der Waals surface area contributed by atoms with Crippen LogP contribution in [0.2, 0.25) is 0 Å². The third-order valence-electron chi connectivity index (χ3n) is 2.96. The summed E-state index contributed by atoms with van der Waals surface area (Å²) in [5, 5.41) is 6.58. The van der Waals surface area contributed by atoms with E-state index < -0.39 is 10.0 Å². The lowest BCUT2D eigenvalue weighted by Gasteiger charge is -2.15. The fraction of sp³-hybridized carbons (Fsp3) is 0.750. The maximum atomic E-state index is 12.3. The van der Waals surface area contributed by atoms with Crippen LogP contribution < -0.4 is 10.5 Å². The van der Waals surface area contributed by atoms with Crippen LogP contribution >= 0.6 is 0 Å². The van der Waals surface area contributed by atoms with E-state index in [4.69, 9.17) is 5.73 Å². The Kier molecular flexibility index (Phi) is 5.51. The number of nitrogens with one attached hydrogen (secondary N) is 2. The molecule has 6 nitrogen and oxygen atoms in total. The molecule has 19 heavy (non-hydrogen) atoms. The summed E-state index contributed by atoms with van der Waals surface area (Å²) in [6, 6.07) is -0.104. The summed E-state index contributed by atoms with van der Waals surface area (Å²) in [4.78, 5) is 0.186. The van der Waals surface area contributed by atoms with Crippen LogP contribution in [-0.2, 0) is 16.6 Å². The minimum absolute atomic E-state index is 0.0982. The number of aryl methyl sites for hydroxylation is 1. The molecule has 4 N–H and O–H groups in total. The minimum Gasteiger partial charge on any atom is -0.325 e. The first-order valence-electron chi connectivity index (χ1n) is 6.54. The molecule has 1 aromatic heterocycles. The maximum absolute atomic E-state index is 12.3. The molecular weight excluding hydrogens is 264 g/mol. The number of sulfonamides is 1. The molecule has 0 spiro atoms. The molecule has 0 aromatic carbocycles. The number of H-pyrrole nitrogens is 1. The van der Waals surface area contributed by atoms with Crippen molar-refractivity contribution in [1.82, 2.24) is 14.9 Å². The average Bonchev–Trinajstić information content (AvgIpc) is 2.68. The van der Waals surface area contributed by atoms with Crippen LogP contribution in [0.15, 0.2) is 4.90 Å². The van der Waals surface area contributed by atoms with Gasteiger partial charge in [0.25, 0.3) is 0 Å². The first-order chi connectivity index (χ1) is 8.77. The van der Waals surface area contributed by atoms with E-state index in [9.17, 15) is 8.42 Å². The summed E-state index contributed by atoms with van der Waals surface area (Å²) in [7, 11) is -3.56. The van der Waals surface area contributed by atoms with Gasteiger partial charge < -0.3 is 5.73 Å². The van der Waals surface area contributed by atoms with Crippen LogP contribution in [0.3, 0.4) is 0 Å². The molecule has 7 heteroatoms. The molecule has 0 aliphatic heterocycles. The lowest BCUT2D eigenvalue weighted by molar-refractivity contribution is 0.485. The number of nitrogens with zero attached hydrogens (tertiary/aromatic N) is 1. The summed E-state index contributed by atoms with van der Waals surface area (Å²) in [5.74, 6) is 0.558. The van der Waals surface area contributed by atoms with E-state index in [-0.39, 0.29) is 17.5 Å². The van der Waals surface area contributed by atoms with Crippen molar-refractivity contribution < 1.29 is 8.42 Å². The van der Waals surface area contributed by atoms with Gasteiger partial charge in [-0.15, -0.1) is 0 Å². The van der Waals surface area contributed by atoms with Crippen LogP contribution in [0.4, 0.5) is 0 Å². The van der Waals surface area contributed by atoms with Crippen molar-refractivity contribution in [2.75, 3.05) is 0 Å². The predicted octanol–water partition coefficient (Wildman–Crippen LogP) is 1.28. The number of hydrogen-bond acceptors (Lipinski definition) is 4. The Morgan fingerprint density at radius 2 is 1.95 bits per heavy atom. The summed E-state index contributed by atoms with van der Waals surface area (Å²) < 4.78 is 27.3. The zero-order chi connectivity index (χ0) is 14.6. The summed E-state index contributed by atoms with van der Waals surface area (Å²) in [6.07, 6.45) is 1.80. The number of rotatable bonds is 7. The average molecular weight is 288 g/mol. The molecule has 1 unspecified atom stereocenters. The van der Waals surface area contributed by atoms with Crippen LogP contribution in [0.1, 0.15) is 45.0 Å². The third kappa shape index (κ3) is 4.29. The molecule has 0 amide bonds. The highest BCUT2D eigenvalue weighted by Gasteiger charge is 2.25. The second-order valence-corrected chi connectivity index (χ2v) is 6.97. The molecule has 0 saturated heterocycles. The third-order valence-corrected chi connectivity index (χ3v) is 4.75. The zero-order valence-corrected chi connectivity index (χ0v) is 12.8. The van der Waals surface area contributed by atoms with E-state index in [1.54, 1.807) is 6.92 Å². The Labute approximate surface area is 115 Å². The Hall–Kier alpha value is -0.920. The lowest BCUT2D eigenvalue weighted by Crippen LogP contribution is -2.33. The van der Waals surface area contributed by atoms with Gasteiger partial charge in [-0.25, -0.2) is 13.1 Å². The highest BCUT2D eigenvalue weighted by atomic mass is 32.2. The minimum atomic E-state index is -3.56. The van der Waals surface area contributed by atoms with Gasteiger partial charge in [-0.2, -0.15) is 5.10 Å². The molecule has 110 valence electrons. The standard InChI is InChI=1S/C12H24N4O2S/c1-8(2)5-6-9(3)16-19(17,18)12-10(4)14-15-11(12)7-13/h8-9,16H,5-7,13H2,1-4H3,(H,14,15).